The van der Waals surface area contributed by atoms with Crippen molar-refractivity contribution < 1.29 is 17.9 Å². The molecule has 2 atom stereocenters. The van der Waals surface area contributed by atoms with E-state index >= 15 is 0 Å². The average molecular weight is 444 g/mol. The van der Waals surface area contributed by atoms with Crippen molar-refractivity contribution in [3.63, 3.8) is 0 Å². The zero-order valence-electron chi connectivity index (χ0n) is 16.2. The van der Waals surface area contributed by atoms with Crippen molar-refractivity contribution in [2.24, 2.45) is 5.92 Å². The van der Waals surface area contributed by atoms with Crippen molar-refractivity contribution in [3.8, 4) is 0 Å². The molecular formula is C18H19F3N4O4S. The van der Waals surface area contributed by atoms with Crippen LogP contribution >= 0.6 is 11.3 Å². The number of aromatic nitrogens is 4. The molecule has 8 nitrogen and oxygen atoms in total. The van der Waals surface area contributed by atoms with E-state index in [1.165, 1.54) is 15.3 Å². The van der Waals surface area contributed by atoms with Crippen LogP contribution in [0.15, 0.2) is 26.8 Å². The first-order chi connectivity index (χ1) is 14.1. The van der Waals surface area contributed by atoms with Gasteiger partial charge in [-0.2, -0.15) is 0 Å². The predicted molar refractivity (Wildman–Crippen MR) is 104 cm³/mol. The molecule has 1 aliphatic rings. The number of imidazole rings is 1. The SMILES string of the molecule is Cc1c(Cn2cc[nH]c2=O)sc2c1c(=O)n(C1CC1C)c(=O)n2CCOC(F)(F)F. The van der Waals surface area contributed by atoms with E-state index in [2.05, 4.69) is 9.72 Å². The van der Waals surface area contributed by atoms with Gasteiger partial charge in [0.15, 0.2) is 0 Å². The fraction of sp³-hybridized carbons (Fsp3) is 0.500. The number of hydrogen-bond acceptors (Lipinski definition) is 5. The Morgan fingerprint density at radius 2 is 2.00 bits per heavy atom. The van der Waals surface area contributed by atoms with Gasteiger partial charge in [-0.15, -0.1) is 24.5 Å². The molecule has 3 aromatic rings. The van der Waals surface area contributed by atoms with Crippen LogP contribution < -0.4 is 16.9 Å². The minimum Gasteiger partial charge on any atom is -0.313 e. The lowest BCUT2D eigenvalue weighted by Crippen LogP contribution is -2.40. The van der Waals surface area contributed by atoms with Crippen LogP contribution in [0.4, 0.5) is 13.2 Å². The lowest BCUT2D eigenvalue weighted by atomic mass is 10.2. The van der Waals surface area contributed by atoms with Crippen LogP contribution in [-0.4, -0.2) is 31.7 Å². The molecule has 0 saturated heterocycles. The molecule has 0 spiro atoms. The zero-order chi connectivity index (χ0) is 21.8. The van der Waals surface area contributed by atoms with Crippen LogP contribution in [0.1, 0.15) is 29.8 Å². The number of halogens is 3. The maximum atomic E-state index is 13.1. The van der Waals surface area contributed by atoms with Gasteiger partial charge in [-0.05, 0) is 24.8 Å². The molecule has 1 aliphatic carbocycles. The topological polar surface area (TPSA) is 91.0 Å². The van der Waals surface area contributed by atoms with Gasteiger partial charge < -0.3 is 4.98 Å². The van der Waals surface area contributed by atoms with Gasteiger partial charge in [0.05, 0.1) is 25.1 Å². The summed E-state index contributed by atoms with van der Waals surface area (Å²) in [6.45, 7) is 2.71. The quantitative estimate of drug-likeness (QED) is 0.631. The Balaban J connectivity index is 1.86. The number of ether oxygens (including phenoxy) is 1. The minimum atomic E-state index is -4.81. The van der Waals surface area contributed by atoms with Crippen molar-refractivity contribution in [2.75, 3.05) is 6.61 Å². The lowest BCUT2D eigenvalue weighted by molar-refractivity contribution is -0.325. The van der Waals surface area contributed by atoms with Gasteiger partial charge in [0.1, 0.15) is 4.83 Å². The second-order valence-electron chi connectivity index (χ2n) is 7.41. The summed E-state index contributed by atoms with van der Waals surface area (Å²) in [5.41, 5.74) is -0.800. The summed E-state index contributed by atoms with van der Waals surface area (Å²) in [6.07, 6.45) is -1.11. The number of nitrogens with zero attached hydrogens (tertiary/aromatic N) is 3. The number of rotatable bonds is 6. The molecule has 1 N–H and O–H groups in total. The summed E-state index contributed by atoms with van der Waals surface area (Å²) in [4.78, 5) is 41.5. The summed E-state index contributed by atoms with van der Waals surface area (Å²) in [5, 5.41) is 0.296. The van der Waals surface area contributed by atoms with Crippen LogP contribution in [0, 0.1) is 12.8 Å². The fourth-order valence-electron chi connectivity index (χ4n) is 3.59. The molecule has 1 fully saturated rings. The summed E-state index contributed by atoms with van der Waals surface area (Å²) in [5.74, 6) is 0.143. The van der Waals surface area contributed by atoms with E-state index in [1.807, 2.05) is 6.92 Å². The third-order valence-corrected chi connectivity index (χ3v) is 6.66. The zero-order valence-corrected chi connectivity index (χ0v) is 17.0. The number of aryl methyl sites for hydroxylation is 1. The van der Waals surface area contributed by atoms with E-state index in [-0.39, 0.29) is 35.6 Å². The maximum absolute atomic E-state index is 13.1. The smallest absolute Gasteiger partial charge is 0.313 e. The highest BCUT2D eigenvalue weighted by molar-refractivity contribution is 7.18. The third kappa shape index (κ3) is 3.65. The molecule has 162 valence electrons. The molecule has 30 heavy (non-hydrogen) atoms. The predicted octanol–water partition coefficient (Wildman–Crippen LogP) is 2.19. The molecule has 0 aromatic carbocycles. The minimum absolute atomic E-state index is 0.143. The van der Waals surface area contributed by atoms with Crippen molar-refractivity contribution in [2.45, 2.75) is 45.8 Å². The van der Waals surface area contributed by atoms with E-state index in [4.69, 9.17) is 0 Å². The van der Waals surface area contributed by atoms with E-state index in [9.17, 15) is 27.6 Å². The van der Waals surface area contributed by atoms with Crippen molar-refractivity contribution in [1.29, 1.82) is 0 Å². The summed E-state index contributed by atoms with van der Waals surface area (Å²) >= 11 is 1.12. The third-order valence-electron chi connectivity index (χ3n) is 5.36. The average Bonchev–Trinajstić information content (AvgIpc) is 3.06. The normalized spacial score (nSPS) is 19.0. The second kappa shape index (κ2) is 7.27. The Kier molecular flexibility index (Phi) is 5.01. The van der Waals surface area contributed by atoms with Crippen molar-refractivity contribution >= 4 is 21.6 Å². The fourth-order valence-corrected chi connectivity index (χ4v) is 4.91. The monoisotopic (exact) mass is 444 g/mol. The standard InChI is InChI=1S/C18H19F3N4O4S/c1-9-7-11(9)25-14(26)13-10(2)12(8-23-4-3-22-16(23)27)30-15(13)24(17(25)28)5-6-29-18(19,20)21/h3-4,9,11H,5-8H2,1-2H3,(H,22,27). The van der Waals surface area contributed by atoms with Crippen LogP contribution in [0.25, 0.3) is 10.2 Å². The van der Waals surface area contributed by atoms with Gasteiger partial charge in [0, 0.05) is 23.3 Å². The highest BCUT2D eigenvalue weighted by atomic mass is 32.1. The lowest BCUT2D eigenvalue weighted by Gasteiger charge is -2.13. The molecule has 3 aromatic heterocycles. The molecule has 0 aliphatic heterocycles. The van der Waals surface area contributed by atoms with E-state index in [1.54, 1.807) is 13.1 Å². The largest absolute Gasteiger partial charge is 0.522 e. The number of hydrogen-bond donors (Lipinski definition) is 1. The first-order valence-corrected chi connectivity index (χ1v) is 10.1. The first kappa shape index (κ1) is 20.7. The highest BCUT2D eigenvalue weighted by Gasteiger charge is 2.38. The van der Waals surface area contributed by atoms with Crippen LogP contribution in [0.2, 0.25) is 0 Å². The van der Waals surface area contributed by atoms with Crippen LogP contribution in [0.3, 0.4) is 0 Å². The Morgan fingerprint density at radius 3 is 2.57 bits per heavy atom. The van der Waals surface area contributed by atoms with Gasteiger partial charge in [-0.3, -0.25) is 23.2 Å². The molecule has 0 bridgehead atoms. The molecule has 4 rings (SSSR count). The molecule has 3 heterocycles. The van der Waals surface area contributed by atoms with Gasteiger partial charge in [0.2, 0.25) is 0 Å². The highest BCUT2D eigenvalue weighted by Crippen LogP contribution is 2.41. The molecule has 12 heteroatoms. The Labute approximate surface area is 171 Å². The number of aromatic amines is 1. The van der Waals surface area contributed by atoms with Crippen molar-refractivity contribution in [1.82, 2.24) is 18.7 Å². The Hall–Kier alpha value is -2.60. The number of H-pyrrole nitrogens is 1. The molecule has 1 saturated carbocycles. The van der Waals surface area contributed by atoms with Crippen LogP contribution in [-0.2, 0) is 17.8 Å². The van der Waals surface area contributed by atoms with Gasteiger partial charge in [-0.25, -0.2) is 9.59 Å². The molecular weight excluding hydrogens is 425 g/mol. The Bertz CT molecular complexity index is 1280. The van der Waals surface area contributed by atoms with Gasteiger partial charge in [-0.1, -0.05) is 6.92 Å². The summed E-state index contributed by atoms with van der Waals surface area (Å²) < 4.78 is 44.9. The number of nitrogens with one attached hydrogen (secondary N) is 1. The summed E-state index contributed by atoms with van der Waals surface area (Å²) in [7, 11) is 0. The molecule has 0 amide bonds. The number of thiophene rings is 1. The van der Waals surface area contributed by atoms with Gasteiger partial charge >= 0.3 is 17.7 Å². The maximum Gasteiger partial charge on any atom is 0.522 e. The van der Waals surface area contributed by atoms with E-state index in [0.29, 0.717) is 22.2 Å². The van der Waals surface area contributed by atoms with Crippen molar-refractivity contribution in [3.05, 3.63) is 54.2 Å². The van der Waals surface area contributed by atoms with Crippen LogP contribution in [0.5, 0.6) is 0 Å². The number of alkyl halides is 3. The molecule has 0 radical (unpaired) electrons. The summed E-state index contributed by atoms with van der Waals surface area (Å²) in [6, 6.07) is -0.265. The first-order valence-electron chi connectivity index (χ1n) is 9.30. The van der Waals surface area contributed by atoms with E-state index in [0.717, 1.165) is 15.9 Å². The molecule has 2 unspecified atom stereocenters. The number of fused-ring (bicyclic) bond motifs is 1. The van der Waals surface area contributed by atoms with Gasteiger partial charge in [0.25, 0.3) is 5.56 Å². The van der Waals surface area contributed by atoms with E-state index < -0.39 is 24.2 Å². The second-order valence-corrected chi connectivity index (χ2v) is 8.49. The Morgan fingerprint density at radius 1 is 1.30 bits per heavy atom.